The molecule has 6 nitrogen and oxygen atoms in total. The van der Waals surface area contributed by atoms with Crippen molar-refractivity contribution in [2.75, 3.05) is 17.1 Å². The van der Waals surface area contributed by atoms with Crippen molar-refractivity contribution in [1.82, 2.24) is 4.98 Å². The van der Waals surface area contributed by atoms with E-state index >= 15 is 0 Å². The molecule has 0 saturated carbocycles. The average Bonchev–Trinajstić information content (AvgIpc) is 3.29. The molecule has 0 saturated heterocycles. The molecule has 0 aliphatic carbocycles. The first kappa shape index (κ1) is 21.4. The Kier molecular flexibility index (Phi) is 5.74. The molecular weight excluding hydrogens is 463 g/mol. The predicted octanol–water partition coefficient (Wildman–Crippen LogP) is 5.20. The van der Waals surface area contributed by atoms with Crippen molar-refractivity contribution >= 4 is 27.0 Å². The van der Waals surface area contributed by atoms with E-state index in [1.165, 1.54) is 17.4 Å². The van der Waals surface area contributed by atoms with Crippen molar-refractivity contribution in [2.45, 2.75) is 6.10 Å². The molecule has 4 aromatic rings. The quantitative estimate of drug-likeness (QED) is 0.409. The number of nitrogens with zero attached hydrogens (tertiary/aromatic N) is 1. The van der Waals surface area contributed by atoms with E-state index in [2.05, 4.69) is 9.71 Å². The predicted molar refractivity (Wildman–Crippen MR) is 127 cm³/mol. The number of rotatable bonds is 6. The second kappa shape index (κ2) is 8.84. The van der Waals surface area contributed by atoms with E-state index in [-0.39, 0.29) is 18.2 Å². The van der Waals surface area contributed by atoms with Gasteiger partial charge in [-0.25, -0.2) is 17.8 Å². The number of aromatic nitrogens is 1. The number of fused-ring (bicyclic) bond motifs is 1. The zero-order chi connectivity index (χ0) is 22.8. The van der Waals surface area contributed by atoms with Gasteiger partial charge in [-0.1, -0.05) is 42.5 Å². The van der Waals surface area contributed by atoms with Crippen LogP contribution < -0.4 is 14.2 Å². The molecule has 1 aliphatic rings. The van der Waals surface area contributed by atoms with Gasteiger partial charge in [0, 0.05) is 16.5 Å². The Balaban J connectivity index is 1.36. The highest BCUT2D eigenvalue weighted by atomic mass is 32.2. The minimum atomic E-state index is -3.76. The van der Waals surface area contributed by atoms with Gasteiger partial charge in [0.05, 0.1) is 11.4 Å². The fourth-order valence-electron chi connectivity index (χ4n) is 3.55. The third-order valence-electron chi connectivity index (χ3n) is 5.05. The number of hydrogen-bond donors (Lipinski definition) is 1. The first-order valence-electron chi connectivity index (χ1n) is 10.2. The van der Waals surface area contributed by atoms with Crippen LogP contribution in [0, 0.1) is 5.82 Å². The van der Waals surface area contributed by atoms with Crippen LogP contribution in [0.2, 0.25) is 0 Å². The standard InChI is InChI=1S/C24H19FN2O4S2/c25-19-9-3-1-7-17(19)24-26-21(14-32-24)18-8-2-4-10-20(18)27-33(28,29)15-16-13-30-22-11-5-6-12-23(22)31-16/h1-12,14,16,27H,13,15H2. The maximum Gasteiger partial charge on any atom is 0.236 e. The average molecular weight is 483 g/mol. The fourth-order valence-corrected chi connectivity index (χ4v) is 5.65. The lowest BCUT2D eigenvalue weighted by Gasteiger charge is -2.26. The van der Waals surface area contributed by atoms with Gasteiger partial charge in [0.2, 0.25) is 10.0 Å². The molecule has 9 heteroatoms. The highest BCUT2D eigenvalue weighted by Crippen LogP contribution is 2.35. The summed E-state index contributed by atoms with van der Waals surface area (Å²) in [6.07, 6.45) is -0.642. The summed E-state index contributed by atoms with van der Waals surface area (Å²) in [5.41, 5.74) is 1.95. The molecule has 33 heavy (non-hydrogen) atoms. The second-order valence-corrected chi connectivity index (χ2v) is 10.1. The van der Waals surface area contributed by atoms with Gasteiger partial charge >= 0.3 is 0 Å². The van der Waals surface area contributed by atoms with Crippen LogP contribution in [0.1, 0.15) is 0 Å². The summed E-state index contributed by atoms with van der Waals surface area (Å²) in [4.78, 5) is 4.54. The molecule has 1 aliphatic heterocycles. The number of sulfonamides is 1. The summed E-state index contributed by atoms with van der Waals surface area (Å²) in [6, 6.07) is 20.5. The van der Waals surface area contributed by atoms with Crippen LogP contribution in [-0.4, -0.2) is 31.9 Å². The van der Waals surface area contributed by atoms with Gasteiger partial charge in [-0.05, 0) is 30.3 Å². The molecule has 168 valence electrons. The molecule has 1 unspecified atom stereocenters. The summed E-state index contributed by atoms with van der Waals surface area (Å²) in [7, 11) is -3.76. The topological polar surface area (TPSA) is 77.5 Å². The zero-order valence-corrected chi connectivity index (χ0v) is 18.9. The van der Waals surface area contributed by atoms with Gasteiger partial charge < -0.3 is 9.47 Å². The maximum absolute atomic E-state index is 14.2. The van der Waals surface area contributed by atoms with Gasteiger partial charge in [-0.15, -0.1) is 11.3 Å². The number of hydrogen-bond acceptors (Lipinski definition) is 6. The van der Waals surface area contributed by atoms with Gasteiger partial charge in [0.25, 0.3) is 0 Å². The summed E-state index contributed by atoms with van der Waals surface area (Å²) < 4.78 is 54.1. The molecule has 5 rings (SSSR count). The van der Waals surface area contributed by atoms with Gasteiger partial charge in [-0.2, -0.15) is 0 Å². The van der Waals surface area contributed by atoms with Crippen LogP contribution in [0.25, 0.3) is 21.8 Å². The Morgan fingerprint density at radius 1 is 0.970 bits per heavy atom. The number of anilines is 1. The molecule has 0 radical (unpaired) electrons. The SMILES string of the molecule is O=S(=O)(CC1COc2ccccc2O1)Nc1ccccc1-c1csc(-c2ccccc2F)n1. The minimum Gasteiger partial charge on any atom is -0.486 e. The maximum atomic E-state index is 14.2. The van der Waals surface area contributed by atoms with E-state index in [1.807, 2.05) is 6.07 Å². The smallest absolute Gasteiger partial charge is 0.236 e. The first-order valence-corrected chi connectivity index (χ1v) is 12.7. The number of ether oxygens (including phenoxy) is 2. The number of thiazole rings is 1. The Labute approximate surface area is 194 Å². The summed E-state index contributed by atoms with van der Waals surface area (Å²) in [5.74, 6) is 0.488. The lowest BCUT2D eigenvalue weighted by atomic mass is 10.1. The molecule has 0 bridgehead atoms. The van der Waals surface area contributed by atoms with Crippen molar-refractivity contribution in [2.24, 2.45) is 0 Å². The summed E-state index contributed by atoms with van der Waals surface area (Å²) >= 11 is 1.30. The summed E-state index contributed by atoms with van der Waals surface area (Å²) in [5, 5.41) is 2.30. The van der Waals surface area contributed by atoms with E-state index in [1.54, 1.807) is 66.0 Å². The second-order valence-electron chi connectivity index (χ2n) is 7.44. The fraction of sp³-hybridized carbons (Fsp3) is 0.125. The number of para-hydroxylation sites is 3. The lowest BCUT2D eigenvalue weighted by molar-refractivity contribution is 0.106. The Morgan fingerprint density at radius 3 is 2.48 bits per heavy atom. The van der Waals surface area contributed by atoms with Crippen molar-refractivity contribution in [3.05, 3.63) is 84.0 Å². The van der Waals surface area contributed by atoms with Crippen molar-refractivity contribution in [1.29, 1.82) is 0 Å². The van der Waals surface area contributed by atoms with Crippen molar-refractivity contribution < 1.29 is 22.3 Å². The van der Waals surface area contributed by atoms with Crippen LogP contribution in [-0.2, 0) is 10.0 Å². The largest absolute Gasteiger partial charge is 0.486 e. The van der Waals surface area contributed by atoms with Crippen LogP contribution in [0.4, 0.5) is 10.1 Å². The first-order chi connectivity index (χ1) is 16.0. The van der Waals surface area contributed by atoms with Crippen LogP contribution in [0.3, 0.4) is 0 Å². The van der Waals surface area contributed by atoms with Gasteiger partial charge in [0.1, 0.15) is 29.3 Å². The molecule has 3 aromatic carbocycles. The summed E-state index contributed by atoms with van der Waals surface area (Å²) in [6.45, 7) is 0.137. The highest BCUT2D eigenvalue weighted by molar-refractivity contribution is 7.92. The number of halogens is 1. The molecule has 1 N–H and O–H groups in total. The van der Waals surface area contributed by atoms with Crippen LogP contribution >= 0.6 is 11.3 Å². The highest BCUT2D eigenvalue weighted by Gasteiger charge is 2.27. The van der Waals surface area contributed by atoms with Crippen LogP contribution in [0.5, 0.6) is 11.5 Å². The van der Waals surface area contributed by atoms with Gasteiger partial charge in [-0.3, -0.25) is 4.72 Å². The van der Waals surface area contributed by atoms with E-state index in [9.17, 15) is 12.8 Å². The van der Waals surface area contributed by atoms with E-state index in [0.717, 1.165) is 0 Å². The minimum absolute atomic E-state index is 0.137. The van der Waals surface area contributed by atoms with Crippen molar-refractivity contribution in [3.63, 3.8) is 0 Å². The molecule has 0 fully saturated rings. The zero-order valence-electron chi connectivity index (χ0n) is 17.3. The molecule has 1 aromatic heterocycles. The van der Waals surface area contributed by atoms with E-state index in [4.69, 9.17) is 9.47 Å². The molecule has 2 heterocycles. The van der Waals surface area contributed by atoms with Gasteiger partial charge in [0.15, 0.2) is 11.5 Å². The monoisotopic (exact) mass is 482 g/mol. The Morgan fingerprint density at radius 2 is 1.67 bits per heavy atom. The normalized spacial score (nSPS) is 15.2. The molecule has 1 atom stereocenters. The van der Waals surface area contributed by atoms with Crippen molar-refractivity contribution in [3.8, 4) is 33.3 Å². The van der Waals surface area contributed by atoms with E-state index < -0.39 is 16.1 Å². The Hall–Kier alpha value is -3.43. The molecule has 0 spiro atoms. The van der Waals surface area contributed by atoms with E-state index in [0.29, 0.717) is 39.0 Å². The third kappa shape index (κ3) is 4.69. The lowest BCUT2D eigenvalue weighted by Crippen LogP contribution is -2.37. The van der Waals surface area contributed by atoms with Crippen LogP contribution in [0.15, 0.2) is 78.2 Å². The number of benzene rings is 3. The Bertz CT molecular complexity index is 1400. The molecule has 0 amide bonds. The number of nitrogens with one attached hydrogen (secondary N) is 1. The molecular formula is C24H19FN2O4S2. The third-order valence-corrected chi connectivity index (χ3v) is 7.27.